The van der Waals surface area contributed by atoms with Crippen molar-refractivity contribution in [2.24, 2.45) is 0 Å². The number of hydrogen-bond acceptors (Lipinski definition) is 1. The van der Waals surface area contributed by atoms with Crippen molar-refractivity contribution < 1.29 is 0 Å². The molecule has 1 aliphatic carbocycles. The van der Waals surface area contributed by atoms with Gasteiger partial charge in [0.1, 0.15) is 0 Å². The molecule has 64 heavy (non-hydrogen) atoms. The van der Waals surface area contributed by atoms with Gasteiger partial charge in [-0.25, -0.2) is 0 Å². The Bertz CT molecular complexity index is 3440. The number of hydrogen-bond donors (Lipinski definition) is 0. The standard InChI is InChI=1S/C63H43N/c1-3-19-44(20-4-1)45-39-41-50(42-40-45)64(51-28-17-27-49(43-51)63(48-25-5-2-6-26-48)59-36-13-11-31-55(59)56-32-12-14-37-60(56)63)61-38-18-35-58(54-33-15-23-46-21-7-9-29-52(46)54)62(61)57-34-16-24-47-22-8-10-30-53(47)57/h1-43H. The first kappa shape index (κ1) is 37.5. The van der Waals surface area contributed by atoms with Crippen LogP contribution in [0, 0.1) is 0 Å². The highest BCUT2D eigenvalue weighted by molar-refractivity contribution is 6.09. The Morgan fingerprint density at radius 2 is 0.750 bits per heavy atom. The first-order valence-corrected chi connectivity index (χ1v) is 22.2. The van der Waals surface area contributed by atoms with Crippen molar-refractivity contribution in [2.75, 3.05) is 4.90 Å². The third-order valence-corrected chi connectivity index (χ3v) is 13.4. The van der Waals surface area contributed by atoms with E-state index in [1.807, 2.05) is 0 Å². The van der Waals surface area contributed by atoms with Gasteiger partial charge in [0, 0.05) is 16.9 Å². The molecule has 0 unspecified atom stereocenters. The number of rotatable bonds is 8. The summed E-state index contributed by atoms with van der Waals surface area (Å²) in [5.41, 5.74) is 17.5. The molecule has 11 aromatic carbocycles. The average molecular weight is 814 g/mol. The summed E-state index contributed by atoms with van der Waals surface area (Å²) in [7, 11) is 0. The summed E-state index contributed by atoms with van der Waals surface area (Å²) in [5.74, 6) is 0. The van der Waals surface area contributed by atoms with Crippen LogP contribution in [0.5, 0.6) is 0 Å². The van der Waals surface area contributed by atoms with E-state index >= 15 is 0 Å². The van der Waals surface area contributed by atoms with Crippen LogP contribution in [0.15, 0.2) is 261 Å². The zero-order chi connectivity index (χ0) is 42.5. The van der Waals surface area contributed by atoms with Gasteiger partial charge in [-0.2, -0.15) is 0 Å². The number of benzene rings is 11. The van der Waals surface area contributed by atoms with Crippen molar-refractivity contribution in [3.05, 3.63) is 283 Å². The average Bonchev–Trinajstić information content (AvgIpc) is 3.68. The smallest absolute Gasteiger partial charge is 0.0714 e. The molecular formula is C63H43N. The first-order valence-electron chi connectivity index (χ1n) is 22.2. The van der Waals surface area contributed by atoms with E-state index in [1.54, 1.807) is 0 Å². The van der Waals surface area contributed by atoms with Gasteiger partial charge >= 0.3 is 0 Å². The molecule has 12 rings (SSSR count). The third kappa shape index (κ3) is 6.01. The van der Waals surface area contributed by atoms with Crippen LogP contribution in [0.25, 0.3) is 66.1 Å². The van der Waals surface area contributed by atoms with E-state index in [2.05, 4.69) is 266 Å². The second-order valence-corrected chi connectivity index (χ2v) is 16.8. The maximum absolute atomic E-state index is 2.50. The zero-order valence-corrected chi connectivity index (χ0v) is 35.3. The van der Waals surface area contributed by atoms with Crippen LogP contribution in [0.4, 0.5) is 17.1 Å². The lowest BCUT2D eigenvalue weighted by atomic mass is 9.67. The molecule has 0 bridgehead atoms. The van der Waals surface area contributed by atoms with Gasteiger partial charge in [0.05, 0.1) is 11.1 Å². The number of anilines is 3. The van der Waals surface area contributed by atoms with Crippen LogP contribution in [0.1, 0.15) is 22.3 Å². The number of nitrogens with zero attached hydrogens (tertiary/aromatic N) is 1. The Morgan fingerprint density at radius 1 is 0.281 bits per heavy atom. The van der Waals surface area contributed by atoms with E-state index in [0.29, 0.717) is 0 Å². The molecule has 0 amide bonds. The van der Waals surface area contributed by atoms with Crippen molar-refractivity contribution in [1.29, 1.82) is 0 Å². The molecule has 0 spiro atoms. The Kier molecular flexibility index (Phi) is 9.13. The highest BCUT2D eigenvalue weighted by Gasteiger charge is 2.46. The Hall–Kier alpha value is -8.26. The fraction of sp³-hybridized carbons (Fsp3) is 0.0159. The van der Waals surface area contributed by atoms with E-state index in [-0.39, 0.29) is 0 Å². The highest BCUT2D eigenvalue weighted by atomic mass is 15.1. The maximum atomic E-state index is 2.50. The fourth-order valence-corrected chi connectivity index (χ4v) is 10.6. The van der Waals surface area contributed by atoms with Crippen LogP contribution >= 0.6 is 0 Å². The molecule has 0 saturated carbocycles. The van der Waals surface area contributed by atoms with Gasteiger partial charge in [0.2, 0.25) is 0 Å². The van der Waals surface area contributed by atoms with Crippen molar-refractivity contribution in [3.8, 4) is 44.5 Å². The van der Waals surface area contributed by atoms with Crippen LogP contribution in [-0.2, 0) is 5.41 Å². The van der Waals surface area contributed by atoms with E-state index < -0.39 is 5.41 Å². The maximum Gasteiger partial charge on any atom is 0.0714 e. The first-order chi connectivity index (χ1) is 31.8. The molecular weight excluding hydrogens is 771 g/mol. The lowest BCUT2D eigenvalue weighted by Crippen LogP contribution is -2.28. The lowest BCUT2D eigenvalue weighted by molar-refractivity contribution is 0.768. The van der Waals surface area contributed by atoms with Gasteiger partial charge in [-0.05, 0) is 113 Å². The van der Waals surface area contributed by atoms with Gasteiger partial charge in [-0.3, -0.25) is 0 Å². The van der Waals surface area contributed by atoms with Gasteiger partial charge < -0.3 is 4.90 Å². The second-order valence-electron chi connectivity index (χ2n) is 16.8. The van der Waals surface area contributed by atoms with E-state index in [0.717, 1.165) is 17.1 Å². The largest absolute Gasteiger partial charge is 0.310 e. The van der Waals surface area contributed by atoms with E-state index in [1.165, 1.54) is 88.3 Å². The summed E-state index contributed by atoms with van der Waals surface area (Å²) in [6.45, 7) is 0. The van der Waals surface area contributed by atoms with E-state index in [4.69, 9.17) is 0 Å². The van der Waals surface area contributed by atoms with Crippen LogP contribution in [0.2, 0.25) is 0 Å². The Morgan fingerprint density at radius 3 is 1.44 bits per heavy atom. The molecule has 300 valence electrons. The molecule has 11 aromatic rings. The SMILES string of the molecule is c1ccc(-c2ccc(N(c3cccc(C4(c5ccccc5)c5ccccc5-c5ccccc54)c3)c3cccc(-c4cccc5ccccc45)c3-c3cccc4ccccc34)cc2)cc1. The van der Waals surface area contributed by atoms with Crippen LogP contribution in [0.3, 0.4) is 0 Å². The summed E-state index contributed by atoms with van der Waals surface area (Å²) in [4.78, 5) is 2.50. The second kappa shape index (κ2) is 15.6. The Labute approximate surface area is 374 Å². The monoisotopic (exact) mass is 813 g/mol. The van der Waals surface area contributed by atoms with E-state index in [9.17, 15) is 0 Å². The van der Waals surface area contributed by atoms with Crippen molar-refractivity contribution in [3.63, 3.8) is 0 Å². The van der Waals surface area contributed by atoms with Crippen LogP contribution in [-0.4, -0.2) is 0 Å². The Balaban J connectivity index is 1.16. The topological polar surface area (TPSA) is 3.24 Å². The van der Waals surface area contributed by atoms with Gasteiger partial charge in [-0.15, -0.1) is 0 Å². The molecule has 0 radical (unpaired) electrons. The molecule has 1 nitrogen and oxygen atoms in total. The summed E-state index contributed by atoms with van der Waals surface area (Å²) >= 11 is 0. The van der Waals surface area contributed by atoms with Gasteiger partial charge in [0.15, 0.2) is 0 Å². The quantitative estimate of drug-likeness (QED) is 0.148. The third-order valence-electron chi connectivity index (χ3n) is 13.4. The predicted molar refractivity (Wildman–Crippen MR) is 270 cm³/mol. The predicted octanol–water partition coefficient (Wildman–Crippen LogP) is 16.8. The van der Waals surface area contributed by atoms with Crippen molar-refractivity contribution in [2.45, 2.75) is 5.41 Å². The van der Waals surface area contributed by atoms with Crippen LogP contribution < -0.4 is 4.90 Å². The van der Waals surface area contributed by atoms with Gasteiger partial charge in [-0.1, -0.05) is 231 Å². The molecule has 1 aliphatic rings. The highest BCUT2D eigenvalue weighted by Crippen LogP contribution is 2.57. The molecule has 0 fully saturated rings. The molecule has 0 N–H and O–H groups in total. The molecule has 1 heteroatoms. The minimum absolute atomic E-state index is 0.545. The summed E-state index contributed by atoms with van der Waals surface area (Å²) in [6.07, 6.45) is 0. The molecule has 0 saturated heterocycles. The summed E-state index contributed by atoms with van der Waals surface area (Å²) in [5, 5.41) is 4.88. The molecule has 0 atom stereocenters. The summed E-state index contributed by atoms with van der Waals surface area (Å²) < 4.78 is 0. The molecule has 0 aromatic heterocycles. The minimum atomic E-state index is -0.545. The molecule has 0 aliphatic heterocycles. The summed E-state index contributed by atoms with van der Waals surface area (Å²) in [6, 6.07) is 96.1. The van der Waals surface area contributed by atoms with Crippen molar-refractivity contribution in [1.82, 2.24) is 0 Å². The molecule has 0 heterocycles. The van der Waals surface area contributed by atoms with Gasteiger partial charge in [0.25, 0.3) is 0 Å². The van der Waals surface area contributed by atoms with Crippen molar-refractivity contribution >= 4 is 38.6 Å². The minimum Gasteiger partial charge on any atom is -0.310 e. The zero-order valence-electron chi connectivity index (χ0n) is 35.3. The fourth-order valence-electron chi connectivity index (χ4n) is 10.6. The normalized spacial score (nSPS) is 12.5. The lowest BCUT2D eigenvalue weighted by Gasteiger charge is -2.35. The number of fused-ring (bicyclic) bond motifs is 5.